The molecule has 5 heteroatoms. The number of rotatable bonds is 4. The van der Waals surface area contributed by atoms with Gasteiger partial charge < -0.3 is 20.7 Å². The van der Waals surface area contributed by atoms with Gasteiger partial charge in [0.2, 0.25) is 0 Å². The van der Waals surface area contributed by atoms with Gasteiger partial charge in [0, 0.05) is 12.5 Å². The predicted octanol–water partition coefficient (Wildman–Crippen LogP) is -0.424. The minimum Gasteiger partial charge on any atom is -0.480 e. The molecule has 4 N–H and O–H groups in total. The Balaban J connectivity index is 2.32. The van der Waals surface area contributed by atoms with E-state index in [1.165, 1.54) is 0 Å². The van der Waals surface area contributed by atoms with Gasteiger partial charge in [0.05, 0.1) is 12.7 Å². The van der Waals surface area contributed by atoms with Gasteiger partial charge in [0.15, 0.2) is 0 Å². The summed E-state index contributed by atoms with van der Waals surface area (Å²) in [6.07, 6.45) is 1.24. The van der Waals surface area contributed by atoms with Crippen LogP contribution in [0.25, 0.3) is 0 Å². The molecule has 1 aliphatic heterocycles. The molecule has 1 rings (SSSR count). The first-order valence-electron chi connectivity index (χ1n) is 4.85. The quantitative estimate of drug-likeness (QED) is 0.577. The molecule has 1 fully saturated rings. The minimum atomic E-state index is -1.07. The van der Waals surface area contributed by atoms with Crippen molar-refractivity contribution in [1.82, 2.24) is 0 Å². The number of carboxylic acids is 1. The smallest absolute Gasteiger partial charge is 0.320 e. The molecular formula is C9H17NO4. The van der Waals surface area contributed by atoms with Gasteiger partial charge in [-0.1, -0.05) is 0 Å². The van der Waals surface area contributed by atoms with Crippen LogP contribution in [0.5, 0.6) is 0 Å². The van der Waals surface area contributed by atoms with Gasteiger partial charge in [0.25, 0.3) is 0 Å². The summed E-state index contributed by atoms with van der Waals surface area (Å²) in [6.45, 7) is 1.24. The summed E-state index contributed by atoms with van der Waals surface area (Å²) in [4.78, 5) is 10.5. The number of aliphatic hydroxyl groups is 1. The first-order valence-corrected chi connectivity index (χ1v) is 4.85. The highest BCUT2D eigenvalue weighted by molar-refractivity contribution is 5.73. The van der Waals surface area contributed by atoms with E-state index in [4.69, 9.17) is 15.6 Å². The maximum absolute atomic E-state index is 10.5. The van der Waals surface area contributed by atoms with Crippen molar-refractivity contribution >= 4 is 5.97 Å². The van der Waals surface area contributed by atoms with Gasteiger partial charge >= 0.3 is 5.97 Å². The van der Waals surface area contributed by atoms with Crippen molar-refractivity contribution in [2.75, 3.05) is 13.2 Å². The highest BCUT2D eigenvalue weighted by Crippen LogP contribution is 2.19. The van der Waals surface area contributed by atoms with Gasteiger partial charge in [-0.15, -0.1) is 0 Å². The molecule has 1 saturated heterocycles. The molecule has 0 aromatic carbocycles. The normalized spacial score (nSPS) is 26.9. The number of carboxylic acid groups (broad SMARTS) is 1. The van der Waals surface area contributed by atoms with E-state index in [2.05, 4.69) is 0 Å². The molecule has 0 amide bonds. The van der Waals surface area contributed by atoms with Gasteiger partial charge in [0.1, 0.15) is 6.04 Å². The summed E-state index contributed by atoms with van der Waals surface area (Å²) in [7, 11) is 0. The van der Waals surface area contributed by atoms with Gasteiger partial charge in [-0.05, 0) is 19.3 Å². The lowest BCUT2D eigenvalue weighted by Crippen LogP contribution is -2.38. The Kier molecular flexibility index (Phi) is 4.31. The van der Waals surface area contributed by atoms with E-state index in [-0.39, 0.29) is 12.3 Å². The molecule has 3 atom stereocenters. The fourth-order valence-corrected chi connectivity index (χ4v) is 1.62. The van der Waals surface area contributed by atoms with Crippen LogP contribution in [0.4, 0.5) is 0 Å². The van der Waals surface area contributed by atoms with E-state index >= 15 is 0 Å². The zero-order chi connectivity index (χ0) is 10.6. The Morgan fingerprint density at radius 1 is 1.64 bits per heavy atom. The second kappa shape index (κ2) is 5.29. The molecular weight excluding hydrogens is 186 g/mol. The maximum Gasteiger partial charge on any atom is 0.320 e. The third-order valence-electron chi connectivity index (χ3n) is 2.55. The lowest BCUT2D eigenvalue weighted by Gasteiger charge is -2.27. The average molecular weight is 203 g/mol. The molecule has 5 nitrogen and oxygen atoms in total. The van der Waals surface area contributed by atoms with Crippen LogP contribution in [-0.4, -0.2) is 41.5 Å². The number of nitrogens with two attached hydrogens (primary N) is 1. The number of hydrogen-bond donors (Lipinski definition) is 3. The number of hydrogen-bond acceptors (Lipinski definition) is 4. The number of aliphatic hydroxyl groups excluding tert-OH is 1. The molecule has 0 spiro atoms. The van der Waals surface area contributed by atoms with Crippen molar-refractivity contribution in [3.63, 3.8) is 0 Å². The highest BCUT2D eigenvalue weighted by atomic mass is 16.5. The Labute approximate surface area is 82.9 Å². The molecule has 0 radical (unpaired) electrons. The van der Waals surface area contributed by atoms with Crippen molar-refractivity contribution in [1.29, 1.82) is 0 Å². The van der Waals surface area contributed by atoms with Crippen LogP contribution in [0, 0.1) is 5.92 Å². The first-order chi connectivity index (χ1) is 6.61. The SMILES string of the molecule is NC(CC(O)C1CCCOC1)C(=O)O. The first kappa shape index (κ1) is 11.4. The second-order valence-electron chi connectivity index (χ2n) is 3.73. The van der Waals surface area contributed by atoms with Crippen molar-refractivity contribution in [2.45, 2.75) is 31.4 Å². The van der Waals surface area contributed by atoms with E-state index in [9.17, 15) is 9.90 Å². The van der Waals surface area contributed by atoms with Crippen LogP contribution in [0.3, 0.4) is 0 Å². The van der Waals surface area contributed by atoms with E-state index < -0.39 is 18.1 Å². The Hall–Kier alpha value is -0.650. The van der Waals surface area contributed by atoms with E-state index in [0.717, 1.165) is 19.4 Å². The fourth-order valence-electron chi connectivity index (χ4n) is 1.62. The topological polar surface area (TPSA) is 92.8 Å². The third kappa shape index (κ3) is 3.25. The van der Waals surface area contributed by atoms with Crippen molar-refractivity contribution < 1.29 is 19.7 Å². The summed E-state index contributed by atoms with van der Waals surface area (Å²) in [6, 6.07) is -0.980. The van der Waals surface area contributed by atoms with Crippen LogP contribution in [0.15, 0.2) is 0 Å². The van der Waals surface area contributed by atoms with E-state index in [1.54, 1.807) is 0 Å². The van der Waals surface area contributed by atoms with Crippen molar-refractivity contribution in [3.05, 3.63) is 0 Å². The van der Waals surface area contributed by atoms with Crippen LogP contribution >= 0.6 is 0 Å². The van der Waals surface area contributed by atoms with Crippen LogP contribution in [0.2, 0.25) is 0 Å². The molecule has 0 bridgehead atoms. The molecule has 0 saturated carbocycles. The predicted molar refractivity (Wildman–Crippen MR) is 49.8 cm³/mol. The Morgan fingerprint density at radius 2 is 2.36 bits per heavy atom. The lowest BCUT2D eigenvalue weighted by atomic mass is 9.92. The molecule has 14 heavy (non-hydrogen) atoms. The molecule has 1 heterocycles. The summed E-state index contributed by atoms with van der Waals surface area (Å²) in [5.41, 5.74) is 5.32. The summed E-state index contributed by atoms with van der Waals surface area (Å²) in [5.74, 6) is -1.03. The van der Waals surface area contributed by atoms with Crippen LogP contribution in [-0.2, 0) is 9.53 Å². The van der Waals surface area contributed by atoms with E-state index in [1.807, 2.05) is 0 Å². The van der Waals surface area contributed by atoms with Crippen molar-refractivity contribution in [3.8, 4) is 0 Å². The fraction of sp³-hybridized carbons (Fsp3) is 0.889. The molecule has 82 valence electrons. The average Bonchev–Trinajstić information content (AvgIpc) is 2.19. The zero-order valence-electron chi connectivity index (χ0n) is 8.06. The molecule has 0 aliphatic carbocycles. The van der Waals surface area contributed by atoms with Crippen LogP contribution < -0.4 is 5.73 Å². The molecule has 3 unspecified atom stereocenters. The summed E-state index contributed by atoms with van der Waals surface area (Å²) < 4.78 is 5.20. The number of ether oxygens (including phenoxy) is 1. The number of aliphatic carboxylic acids is 1. The second-order valence-corrected chi connectivity index (χ2v) is 3.73. The lowest BCUT2D eigenvalue weighted by molar-refractivity contribution is -0.139. The van der Waals surface area contributed by atoms with E-state index in [0.29, 0.717) is 6.61 Å². The zero-order valence-corrected chi connectivity index (χ0v) is 8.06. The third-order valence-corrected chi connectivity index (χ3v) is 2.55. The molecule has 0 aromatic heterocycles. The van der Waals surface area contributed by atoms with Crippen LogP contribution in [0.1, 0.15) is 19.3 Å². The summed E-state index contributed by atoms with van der Waals surface area (Å²) in [5, 5.41) is 18.2. The van der Waals surface area contributed by atoms with Gasteiger partial charge in [-0.3, -0.25) is 4.79 Å². The Bertz CT molecular complexity index is 191. The van der Waals surface area contributed by atoms with Gasteiger partial charge in [-0.2, -0.15) is 0 Å². The maximum atomic E-state index is 10.5. The summed E-state index contributed by atoms with van der Waals surface area (Å²) >= 11 is 0. The monoisotopic (exact) mass is 203 g/mol. The minimum absolute atomic E-state index is 0.0362. The highest BCUT2D eigenvalue weighted by Gasteiger charge is 2.26. The molecule has 1 aliphatic rings. The van der Waals surface area contributed by atoms with Crippen molar-refractivity contribution in [2.24, 2.45) is 11.7 Å². The Morgan fingerprint density at radius 3 is 2.86 bits per heavy atom. The standard InChI is InChI=1S/C9H17NO4/c10-7(9(12)13)4-8(11)6-2-1-3-14-5-6/h6-8,11H,1-5,10H2,(H,12,13). The molecule has 0 aromatic rings. The largest absolute Gasteiger partial charge is 0.480 e. The number of carbonyl (C=O) groups is 1. The van der Waals surface area contributed by atoms with Gasteiger partial charge in [-0.25, -0.2) is 0 Å².